The second-order valence-corrected chi connectivity index (χ2v) is 5.12. The average Bonchev–Trinajstić information content (AvgIpc) is 3.34. The molecule has 0 aromatic heterocycles. The van der Waals surface area contributed by atoms with Crippen molar-refractivity contribution in [3.63, 3.8) is 0 Å². The van der Waals surface area contributed by atoms with Gasteiger partial charge >= 0.3 is 0 Å². The molecule has 1 aliphatic carbocycles. The predicted molar refractivity (Wildman–Crippen MR) is 90.8 cm³/mol. The largest absolute Gasteiger partial charge is 0.512 e. The Morgan fingerprint density at radius 3 is 2.43 bits per heavy atom. The number of aryl methyl sites for hydroxylation is 1. The zero-order valence-corrected chi connectivity index (χ0v) is 14.0. The van der Waals surface area contributed by atoms with Crippen LogP contribution in [0.3, 0.4) is 0 Å². The highest BCUT2D eigenvalue weighted by atomic mass is 16.5. The Bertz CT molecular complexity index is 522. The van der Waals surface area contributed by atoms with Crippen molar-refractivity contribution in [1.29, 1.82) is 0 Å². The van der Waals surface area contributed by atoms with Gasteiger partial charge in [-0.05, 0) is 49.0 Å². The van der Waals surface area contributed by atoms with Crippen molar-refractivity contribution in [3.05, 3.63) is 47.2 Å². The minimum atomic E-state index is 0.349. The molecule has 1 N–H and O–H groups in total. The molecule has 2 nitrogen and oxygen atoms in total. The number of allylic oxidation sites excluding steroid dienone is 3. The van der Waals surface area contributed by atoms with Crippen LogP contribution in [0.4, 0.5) is 0 Å². The molecule has 1 aliphatic rings. The zero-order valence-electron chi connectivity index (χ0n) is 14.0. The molecule has 2 heteroatoms. The van der Waals surface area contributed by atoms with Crippen LogP contribution in [0.25, 0.3) is 5.57 Å². The number of hydrogen-bond donors (Lipinski definition) is 1. The Labute approximate surface area is 129 Å². The molecule has 1 fully saturated rings. The zero-order chi connectivity index (χ0) is 16.0. The normalized spacial score (nSPS) is 14.7. The van der Waals surface area contributed by atoms with E-state index < -0.39 is 0 Å². The average molecular weight is 288 g/mol. The molecule has 0 heterocycles. The van der Waals surface area contributed by atoms with Gasteiger partial charge in [-0.25, -0.2) is 0 Å². The van der Waals surface area contributed by atoms with Gasteiger partial charge in [0.05, 0.1) is 12.9 Å². The highest BCUT2D eigenvalue weighted by Crippen LogP contribution is 2.42. The first-order valence-corrected chi connectivity index (χ1v) is 7.85. The molecule has 0 radical (unpaired) electrons. The van der Waals surface area contributed by atoms with Crippen LogP contribution < -0.4 is 4.74 Å². The molecule has 0 spiro atoms. The van der Waals surface area contributed by atoms with Gasteiger partial charge in [0.2, 0.25) is 0 Å². The highest BCUT2D eigenvalue weighted by molar-refractivity contribution is 5.82. The third-order valence-electron chi connectivity index (χ3n) is 3.75. The van der Waals surface area contributed by atoms with Gasteiger partial charge in [-0.1, -0.05) is 39.5 Å². The van der Waals surface area contributed by atoms with E-state index in [0.29, 0.717) is 11.7 Å². The third kappa shape index (κ3) is 3.90. The number of aliphatic hydroxyl groups is 1. The first-order chi connectivity index (χ1) is 10.1. The van der Waals surface area contributed by atoms with Gasteiger partial charge in [-0.3, -0.25) is 0 Å². The maximum Gasteiger partial charge on any atom is 0.126 e. The summed E-state index contributed by atoms with van der Waals surface area (Å²) in [5, 5.41) is 10.3. The van der Waals surface area contributed by atoms with Crippen molar-refractivity contribution in [1.82, 2.24) is 0 Å². The third-order valence-corrected chi connectivity index (χ3v) is 3.75. The molecule has 0 saturated heterocycles. The summed E-state index contributed by atoms with van der Waals surface area (Å²) in [6.07, 6.45) is 2.97. The summed E-state index contributed by atoms with van der Waals surface area (Å²) in [6, 6.07) is 5.96. The summed E-state index contributed by atoms with van der Waals surface area (Å²) in [4.78, 5) is 0. The van der Waals surface area contributed by atoms with Gasteiger partial charge in [0.1, 0.15) is 5.75 Å². The van der Waals surface area contributed by atoms with Gasteiger partial charge in [-0.2, -0.15) is 0 Å². The minimum Gasteiger partial charge on any atom is -0.512 e. The van der Waals surface area contributed by atoms with E-state index in [2.05, 4.69) is 13.5 Å². The Kier molecular flexibility index (Phi) is 6.54. The van der Waals surface area contributed by atoms with E-state index in [4.69, 9.17) is 4.74 Å². The molecule has 0 amide bonds. The predicted octanol–water partition coefficient (Wildman–Crippen LogP) is 5.68. The minimum absolute atomic E-state index is 0.349. The van der Waals surface area contributed by atoms with E-state index in [9.17, 15) is 5.11 Å². The highest BCUT2D eigenvalue weighted by Gasteiger charge is 2.29. The van der Waals surface area contributed by atoms with Crippen molar-refractivity contribution in [2.75, 3.05) is 7.11 Å². The van der Waals surface area contributed by atoms with Crippen LogP contribution in [0.5, 0.6) is 5.75 Å². The van der Waals surface area contributed by atoms with Gasteiger partial charge < -0.3 is 9.84 Å². The summed E-state index contributed by atoms with van der Waals surface area (Å²) in [5.74, 6) is 1.69. The monoisotopic (exact) mass is 288 g/mol. The molecule has 1 aromatic rings. The number of aliphatic hydroxyl groups excluding tert-OH is 1. The maximum absolute atomic E-state index is 10.3. The lowest BCUT2D eigenvalue weighted by molar-refractivity contribution is 0.373. The molecule has 1 aromatic carbocycles. The molecular weight excluding hydrogens is 260 g/mol. The lowest BCUT2D eigenvalue weighted by Crippen LogP contribution is -2.00. The fourth-order valence-corrected chi connectivity index (χ4v) is 2.50. The molecular formula is C19H28O2. The summed E-state index contributed by atoms with van der Waals surface area (Å²) >= 11 is 0. The number of benzene rings is 1. The second kappa shape index (κ2) is 7.92. The fraction of sp³-hybridized carbons (Fsp3) is 0.474. The van der Waals surface area contributed by atoms with Crippen LogP contribution in [0, 0.1) is 12.8 Å². The topological polar surface area (TPSA) is 29.5 Å². The van der Waals surface area contributed by atoms with E-state index in [-0.39, 0.29) is 0 Å². The van der Waals surface area contributed by atoms with Gasteiger partial charge in [0, 0.05) is 11.5 Å². The SMILES string of the molecule is C=C(/C(CC)=C(\O)C1CC1)c1c(C)cccc1OC.CC. The summed E-state index contributed by atoms with van der Waals surface area (Å²) in [5.41, 5.74) is 3.99. The van der Waals surface area contributed by atoms with Gasteiger partial charge in [-0.15, -0.1) is 0 Å². The van der Waals surface area contributed by atoms with Crippen molar-refractivity contribution in [3.8, 4) is 5.75 Å². The molecule has 0 atom stereocenters. The quantitative estimate of drug-likeness (QED) is 0.558. The van der Waals surface area contributed by atoms with Crippen LogP contribution in [-0.4, -0.2) is 12.2 Å². The number of methoxy groups -OCH3 is 1. The van der Waals surface area contributed by atoms with E-state index >= 15 is 0 Å². The van der Waals surface area contributed by atoms with E-state index in [1.165, 1.54) is 0 Å². The van der Waals surface area contributed by atoms with Gasteiger partial charge in [0.15, 0.2) is 0 Å². The van der Waals surface area contributed by atoms with Crippen molar-refractivity contribution in [2.45, 2.75) is 47.0 Å². The van der Waals surface area contributed by atoms with E-state index in [1.54, 1.807) is 7.11 Å². The summed E-state index contributed by atoms with van der Waals surface area (Å²) < 4.78 is 5.43. The van der Waals surface area contributed by atoms with Crippen LogP contribution >= 0.6 is 0 Å². The van der Waals surface area contributed by atoms with Crippen molar-refractivity contribution < 1.29 is 9.84 Å². The maximum atomic E-state index is 10.3. The smallest absolute Gasteiger partial charge is 0.126 e. The van der Waals surface area contributed by atoms with Crippen molar-refractivity contribution >= 4 is 5.57 Å². The Balaban J connectivity index is 0.00000106. The van der Waals surface area contributed by atoms with E-state index in [0.717, 1.165) is 47.3 Å². The lowest BCUT2D eigenvalue weighted by Gasteiger charge is -2.17. The molecule has 0 bridgehead atoms. The standard InChI is InChI=1S/C17H22O2.C2H6/c1-5-14(17(18)13-9-10-13)12(3)16-11(2)7-6-8-15(16)19-4;1-2/h6-8,13,18H,3,5,9-10H2,1-2,4H3;1-2H3/b17-14-;. The number of ether oxygens (including phenoxy) is 1. The van der Waals surface area contributed by atoms with E-state index in [1.807, 2.05) is 39.0 Å². The molecule has 2 rings (SSSR count). The molecule has 1 saturated carbocycles. The van der Waals surface area contributed by atoms with Gasteiger partial charge in [0.25, 0.3) is 0 Å². The van der Waals surface area contributed by atoms with Crippen LogP contribution in [0.1, 0.15) is 51.2 Å². The first-order valence-electron chi connectivity index (χ1n) is 7.85. The summed E-state index contributed by atoms with van der Waals surface area (Å²) in [6.45, 7) is 12.3. The Hall–Kier alpha value is -1.70. The molecule has 21 heavy (non-hydrogen) atoms. The first kappa shape index (κ1) is 17.4. The van der Waals surface area contributed by atoms with Crippen LogP contribution in [0.15, 0.2) is 36.1 Å². The molecule has 0 aliphatic heterocycles. The number of hydrogen-bond acceptors (Lipinski definition) is 2. The van der Waals surface area contributed by atoms with Crippen LogP contribution in [0.2, 0.25) is 0 Å². The summed E-state index contributed by atoms with van der Waals surface area (Å²) in [7, 11) is 1.67. The lowest BCUT2D eigenvalue weighted by atomic mass is 9.91. The van der Waals surface area contributed by atoms with Crippen LogP contribution in [-0.2, 0) is 0 Å². The number of rotatable bonds is 5. The molecule has 116 valence electrons. The Morgan fingerprint density at radius 2 is 1.95 bits per heavy atom. The second-order valence-electron chi connectivity index (χ2n) is 5.12. The van der Waals surface area contributed by atoms with Crippen molar-refractivity contribution in [2.24, 2.45) is 5.92 Å². The molecule has 0 unspecified atom stereocenters. The Morgan fingerprint density at radius 1 is 1.33 bits per heavy atom. The fourth-order valence-electron chi connectivity index (χ4n) is 2.50.